The van der Waals surface area contributed by atoms with Crippen LogP contribution in [0.5, 0.6) is 0 Å². The van der Waals surface area contributed by atoms with Crippen molar-refractivity contribution in [3.8, 4) is 0 Å². The summed E-state index contributed by atoms with van der Waals surface area (Å²) in [5, 5.41) is 4.85. The van der Waals surface area contributed by atoms with Gasteiger partial charge in [0.05, 0.1) is 6.54 Å². The van der Waals surface area contributed by atoms with Gasteiger partial charge in [0.25, 0.3) is 0 Å². The molecule has 1 rings (SSSR count). The number of rotatable bonds is 6. The van der Waals surface area contributed by atoms with Crippen LogP contribution in [0.2, 0.25) is 0 Å². The van der Waals surface area contributed by atoms with Gasteiger partial charge < -0.3 is 10.2 Å². The van der Waals surface area contributed by atoms with Gasteiger partial charge in [-0.3, -0.25) is 0 Å². The maximum Gasteiger partial charge on any atom is 0.318 e. The molecule has 0 unspecified atom stereocenters. The van der Waals surface area contributed by atoms with E-state index in [1.807, 2.05) is 17.5 Å². The highest BCUT2D eigenvalue weighted by molar-refractivity contribution is 7.09. The molecule has 0 aliphatic rings. The Hall–Kier alpha value is -1.55. The Kier molecular flexibility index (Phi) is 5.36. The lowest BCUT2D eigenvalue weighted by molar-refractivity contribution is 0.208. The Bertz CT molecular complexity index is 336. The summed E-state index contributed by atoms with van der Waals surface area (Å²) >= 11 is 1.63. The average molecular weight is 236 g/mol. The van der Waals surface area contributed by atoms with Crippen LogP contribution in [0.25, 0.3) is 0 Å². The summed E-state index contributed by atoms with van der Waals surface area (Å²) in [5.74, 6) is 0. The Morgan fingerprint density at radius 2 is 2.12 bits per heavy atom. The number of hydrogen-bond donors (Lipinski definition) is 1. The van der Waals surface area contributed by atoms with Gasteiger partial charge in [0, 0.05) is 18.0 Å². The van der Waals surface area contributed by atoms with Crippen molar-refractivity contribution in [3.63, 3.8) is 0 Å². The number of nitrogens with one attached hydrogen (secondary N) is 1. The summed E-state index contributed by atoms with van der Waals surface area (Å²) in [7, 11) is 0. The van der Waals surface area contributed by atoms with Gasteiger partial charge in [-0.05, 0) is 11.4 Å². The second kappa shape index (κ2) is 6.85. The molecule has 1 N–H and O–H groups in total. The van der Waals surface area contributed by atoms with E-state index in [0.29, 0.717) is 19.6 Å². The summed E-state index contributed by atoms with van der Waals surface area (Å²) in [6.07, 6.45) is 3.41. The van der Waals surface area contributed by atoms with Crippen LogP contribution in [-0.4, -0.2) is 24.0 Å². The molecular weight excluding hydrogens is 220 g/mol. The SMILES string of the molecule is C=CCN(CC=C)C(=O)NCc1cccs1. The van der Waals surface area contributed by atoms with E-state index in [2.05, 4.69) is 18.5 Å². The zero-order valence-corrected chi connectivity index (χ0v) is 10.0. The van der Waals surface area contributed by atoms with Gasteiger partial charge in [-0.15, -0.1) is 24.5 Å². The maximum atomic E-state index is 11.7. The molecule has 0 atom stereocenters. The third kappa shape index (κ3) is 3.90. The molecule has 0 saturated carbocycles. The molecule has 0 saturated heterocycles. The van der Waals surface area contributed by atoms with Crippen molar-refractivity contribution in [1.82, 2.24) is 10.2 Å². The summed E-state index contributed by atoms with van der Waals surface area (Å²) < 4.78 is 0. The molecule has 86 valence electrons. The van der Waals surface area contributed by atoms with E-state index in [0.717, 1.165) is 4.88 Å². The summed E-state index contributed by atoms with van der Waals surface area (Å²) in [5.41, 5.74) is 0. The van der Waals surface area contributed by atoms with Crippen molar-refractivity contribution in [1.29, 1.82) is 0 Å². The predicted molar refractivity (Wildman–Crippen MR) is 68.5 cm³/mol. The third-order valence-corrected chi connectivity index (χ3v) is 2.86. The molecule has 4 heteroatoms. The lowest BCUT2D eigenvalue weighted by Gasteiger charge is -2.19. The first kappa shape index (κ1) is 12.5. The van der Waals surface area contributed by atoms with E-state index in [9.17, 15) is 4.79 Å². The highest BCUT2D eigenvalue weighted by atomic mass is 32.1. The van der Waals surface area contributed by atoms with Crippen LogP contribution < -0.4 is 5.32 Å². The van der Waals surface area contributed by atoms with Crippen LogP contribution in [-0.2, 0) is 6.54 Å². The molecule has 1 aromatic heterocycles. The monoisotopic (exact) mass is 236 g/mol. The van der Waals surface area contributed by atoms with E-state index >= 15 is 0 Å². The average Bonchev–Trinajstić information content (AvgIpc) is 2.78. The van der Waals surface area contributed by atoms with E-state index in [1.54, 1.807) is 28.4 Å². The molecule has 0 aliphatic carbocycles. The number of urea groups is 1. The fourth-order valence-electron chi connectivity index (χ4n) is 1.24. The van der Waals surface area contributed by atoms with Crippen molar-refractivity contribution < 1.29 is 4.79 Å². The van der Waals surface area contributed by atoms with E-state index < -0.39 is 0 Å². The standard InChI is InChI=1S/C12H16N2OS/c1-3-7-14(8-4-2)12(15)13-10-11-6-5-9-16-11/h3-6,9H,1-2,7-8,10H2,(H,13,15). The van der Waals surface area contributed by atoms with Crippen LogP contribution in [0.15, 0.2) is 42.8 Å². The van der Waals surface area contributed by atoms with Gasteiger partial charge in [-0.2, -0.15) is 0 Å². The Balaban J connectivity index is 2.42. The van der Waals surface area contributed by atoms with Crippen molar-refractivity contribution in [2.75, 3.05) is 13.1 Å². The quantitative estimate of drug-likeness (QED) is 0.757. The van der Waals surface area contributed by atoms with Gasteiger partial charge >= 0.3 is 6.03 Å². The predicted octanol–water partition coefficient (Wildman–Crippen LogP) is 2.63. The van der Waals surface area contributed by atoms with Crippen LogP contribution in [0, 0.1) is 0 Å². The van der Waals surface area contributed by atoms with Crippen LogP contribution in [0.3, 0.4) is 0 Å². The minimum Gasteiger partial charge on any atom is -0.333 e. The second-order valence-corrected chi connectivity index (χ2v) is 4.25. The van der Waals surface area contributed by atoms with E-state index in [-0.39, 0.29) is 6.03 Å². The third-order valence-electron chi connectivity index (χ3n) is 1.98. The molecule has 0 radical (unpaired) electrons. The molecule has 0 fully saturated rings. The minimum atomic E-state index is -0.0896. The highest BCUT2D eigenvalue weighted by Crippen LogP contribution is 2.07. The Labute approximate surface area is 100 Å². The summed E-state index contributed by atoms with van der Waals surface area (Å²) in [6.45, 7) is 8.87. The van der Waals surface area contributed by atoms with Crippen molar-refractivity contribution in [2.45, 2.75) is 6.54 Å². The molecule has 0 bridgehead atoms. The Morgan fingerprint density at radius 1 is 1.44 bits per heavy atom. The number of thiophene rings is 1. The summed E-state index contributed by atoms with van der Waals surface area (Å²) in [6, 6.07) is 3.88. The lowest BCUT2D eigenvalue weighted by Crippen LogP contribution is -2.39. The molecule has 0 spiro atoms. The molecule has 2 amide bonds. The van der Waals surface area contributed by atoms with Gasteiger partial charge in [0.1, 0.15) is 0 Å². The smallest absolute Gasteiger partial charge is 0.318 e. The van der Waals surface area contributed by atoms with Crippen LogP contribution >= 0.6 is 11.3 Å². The zero-order chi connectivity index (χ0) is 11.8. The fraction of sp³-hybridized carbons (Fsp3) is 0.250. The molecule has 1 aromatic rings. The molecule has 0 aromatic carbocycles. The zero-order valence-electron chi connectivity index (χ0n) is 9.19. The molecule has 0 aliphatic heterocycles. The number of nitrogens with zero attached hydrogens (tertiary/aromatic N) is 1. The molecule has 16 heavy (non-hydrogen) atoms. The maximum absolute atomic E-state index is 11.7. The van der Waals surface area contributed by atoms with Crippen molar-refractivity contribution in [3.05, 3.63) is 47.7 Å². The van der Waals surface area contributed by atoms with Gasteiger partial charge in [-0.25, -0.2) is 4.79 Å². The number of hydrogen-bond acceptors (Lipinski definition) is 2. The minimum absolute atomic E-state index is 0.0896. The first-order chi connectivity index (χ1) is 7.77. The highest BCUT2D eigenvalue weighted by Gasteiger charge is 2.09. The van der Waals surface area contributed by atoms with E-state index in [1.165, 1.54) is 0 Å². The second-order valence-electron chi connectivity index (χ2n) is 3.22. The fourth-order valence-corrected chi connectivity index (χ4v) is 1.88. The topological polar surface area (TPSA) is 32.3 Å². The van der Waals surface area contributed by atoms with E-state index in [4.69, 9.17) is 0 Å². The normalized spacial score (nSPS) is 9.50. The first-order valence-corrected chi connectivity index (χ1v) is 5.93. The number of amides is 2. The summed E-state index contributed by atoms with van der Waals surface area (Å²) in [4.78, 5) is 14.5. The largest absolute Gasteiger partial charge is 0.333 e. The Morgan fingerprint density at radius 3 is 2.62 bits per heavy atom. The number of carbonyl (C=O) groups excluding carboxylic acids is 1. The lowest BCUT2D eigenvalue weighted by atomic mass is 10.4. The molecule has 3 nitrogen and oxygen atoms in total. The molecule has 1 heterocycles. The van der Waals surface area contributed by atoms with Crippen molar-refractivity contribution >= 4 is 17.4 Å². The van der Waals surface area contributed by atoms with Crippen molar-refractivity contribution in [2.24, 2.45) is 0 Å². The first-order valence-electron chi connectivity index (χ1n) is 5.05. The van der Waals surface area contributed by atoms with Crippen LogP contribution in [0.1, 0.15) is 4.88 Å². The van der Waals surface area contributed by atoms with Gasteiger partial charge in [-0.1, -0.05) is 18.2 Å². The van der Waals surface area contributed by atoms with Gasteiger partial charge in [0.15, 0.2) is 0 Å². The van der Waals surface area contributed by atoms with Crippen LogP contribution in [0.4, 0.5) is 4.79 Å². The van der Waals surface area contributed by atoms with Gasteiger partial charge in [0.2, 0.25) is 0 Å². The molecular formula is C12H16N2OS. The number of carbonyl (C=O) groups is 1.